The Morgan fingerprint density at radius 2 is 2.06 bits per heavy atom. The van der Waals surface area contributed by atoms with Crippen molar-refractivity contribution in [3.8, 4) is 0 Å². The van der Waals surface area contributed by atoms with E-state index in [9.17, 15) is 5.11 Å². The van der Waals surface area contributed by atoms with Gasteiger partial charge in [0.15, 0.2) is 0 Å². The van der Waals surface area contributed by atoms with Gasteiger partial charge in [-0.3, -0.25) is 4.90 Å². The molecule has 1 aromatic rings. The standard InChI is InChI=1S/C15H19NO/c1-11(12-5-3-2-4-6-12)16-14-8-7-13(9-14)15(16)10-17/h2-8,11,13-15,17H,9-10H2,1H3/t11-,13+,14-,15-/m1/s1. The molecule has 90 valence electrons. The molecule has 1 aliphatic heterocycles. The molecule has 17 heavy (non-hydrogen) atoms. The van der Waals surface area contributed by atoms with E-state index in [-0.39, 0.29) is 6.61 Å². The van der Waals surface area contributed by atoms with Gasteiger partial charge in [-0.1, -0.05) is 42.5 Å². The molecule has 1 saturated heterocycles. The van der Waals surface area contributed by atoms with Crippen LogP contribution in [0.3, 0.4) is 0 Å². The van der Waals surface area contributed by atoms with Crippen LogP contribution >= 0.6 is 0 Å². The molecule has 0 aromatic heterocycles. The molecule has 0 saturated carbocycles. The van der Waals surface area contributed by atoms with Gasteiger partial charge in [0, 0.05) is 18.1 Å². The van der Waals surface area contributed by atoms with Gasteiger partial charge in [0.05, 0.1) is 6.61 Å². The topological polar surface area (TPSA) is 23.5 Å². The van der Waals surface area contributed by atoms with Crippen molar-refractivity contribution in [3.05, 3.63) is 48.0 Å². The lowest BCUT2D eigenvalue weighted by Crippen LogP contribution is -2.42. The first kappa shape index (κ1) is 11.0. The summed E-state index contributed by atoms with van der Waals surface area (Å²) in [6, 6.07) is 11.8. The molecule has 3 rings (SSSR count). The molecule has 2 nitrogen and oxygen atoms in total. The highest BCUT2D eigenvalue weighted by Gasteiger charge is 2.44. The first-order valence-corrected chi connectivity index (χ1v) is 6.43. The number of fused-ring (bicyclic) bond motifs is 2. The van der Waals surface area contributed by atoms with E-state index < -0.39 is 0 Å². The van der Waals surface area contributed by atoms with E-state index in [1.165, 1.54) is 12.0 Å². The third-order valence-corrected chi connectivity index (χ3v) is 4.27. The second kappa shape index (κ2) is 4.28. The highest BCUT2D eigenvalue weighted by molar-refractivity contribution is 5.24. The van der Waals surface area contributed by atoms with Crippen molar-refractivity contribution in [2.45, 2.75) is 31.5 Å². The number of hydrogen-bond donors (Lipinski definition) is 1. The SMILES string of the molecule is C[C@H](c1ccccc1)N1[C@@H]2C=C[C@@H](C2)[C@H]1CO. The van der Waals surface area contributed by atoms with Crippen LogP contribution in [0.15, 0.2) is 42.5 Å². The summed E-state index contributed by atoms with van der Waals surface area (Å²) in [4.78, 5) is 2.47. The molecule has 0 spiro atoms. The first-order chi connectivity index (χ1) is 8.31. The van der Waals surface area contributed by atoms with Crippen LogP contribution in [0.2, 0.25) is 0 Å². The molecular formula is C15H19NO. The summed E-state index contributed by atoms with van der Waals surface area (Å²) in [5, 5.41) is 9.58. The second-order valence-electron chi connectivity index (χ2n) is 5.14. The number of aliphatic hydroxyl groups excluding tert-OH is 1. The summed E-state index contributed by atoms with van der Waals surface area (Å²) in [6.07, 6.45) is 5.76. The lowest BCUT2D eigenvalue weighted by atomic mass is 10.00. The van der Waals surface area contributed by atoms with Gasteiger partial charge in [-0.15, -0.1) is 0 Å². The molecule has 0 amide bonds. The van der Waals surface area contributed by atoms with Gasteiger partial charge in [-0.05, 0) is 24.8 Å². The van der Waals surface area contributed by atoms with Gasteiger partial charge in [-0.25, -0.2) is 0 Å². The molecule has 2 aliphatic rings. The first-order valence-electron chi connectivity index (χ1n) is 6.43. The Morgan fingerprint density at radius 3 is 2.76 bits per heavy atom. The lowest BCUT2D eigenvalue weighted by molar-refractivity contribution is 0.0910. The number of rotatable bonds is 3. The normalized spacial score (nSPS) is 33.2. The number of likely N-dealkylation sites (tertiary alicyclic amines) is 1. The van der Waals surface area contributed by atoms with Crippen LogP contribution in [-0.2, 0) is 0 Å². The van der Waals surface area contributed by atoms with Crippen LogP contribution in [0.25, 0.3) is 0 Å². The molecular weight excluding hydrogens is 210 g/mol. The highest BCUT2D eigenvalue weighted by Crippen LogP contribution is 2.42. The van der Waals surface area contributed by atoms with Crippen molar-refractivity contribution in [2.24, 2.45) is 5.92 Å². The Labute approximate surface area is 103 Å². The molecule has 1 N–H and O–H groups in total. The largest absolute Gasteiger partial charge is 0.395 e. The fourth-order valence-electron chi connectivity index (χ4n) is 3.39. The van der Waals surface area contributed by atoms with Crippen molar-refractivity contribution in [1.29, 1.82) is 0 Å². The van der Waals surface area contributed by atoms with Gasteiger partial charge in [0.25, 0.3) is 0 Å². The predicted molar refractivity (Wildman–Crippen MR) is 68.6 cm³/mol. The maximum atomic E-state index is 9.58. The van der Waals surface area contributed by atoms with Gasteiger partial charge in [-0.2, -0.15) is 0 Å². The van der Waals surface area contributed by atoms with Gasteiger partial charge in [0.2, 0.25) is 0 Å². The average molecular weight is 229 g/mol. The Kier molecular flexibility index (Phi) is 2.77. The van der Waals surface area contributed by atoms with Gasteiger partial charge in [0.1, 0.15) is 0 Å². The Hall–Kier alpha value is -1.12. The maximum Gasteiger partial charge on any atom is 0.0593 e. The van der Waals surface area contributed by atoms with Gasteiger partial charge < -0.3 is 5.11 Å². The van der Waals surface area contributed by atoms with Crippen molar-refractivity contribution in [2.75, 3.05) is 6.61 Å². The second-order valence-corrected chi connectivity index (χ2v) is 5.14. The average Bonchev–Trinajstić information content (AvgIpc) is 2.98. The molecule has 1 heterocycles. The molecule has 0 unspecified atom stereocenters. The molecule has 0 radical (unpaired) electrons. The summed E-state index contributed by atoms with van der Waals surface area (Å²) >= 11 is 0. The third-order valence-electron chi connectivity index (χ3n) is 4.27. The zero-order valence-corrected chi connectivity index (χ0v) is 10.2. The number of aliphatic hydroxyl groups is 1. The summed E-state index contributed by atoms with van der Waals surface area (Å²) in [5.74, 6) is 0.552. The number of hydrogen-bond acceptors (Lipinski definition) is 2. The maximum absolute atomic E-state index is 9.58. The van der Waals surface area contributed by atoms with E-state index in [4.69, 9.17) is 0 Å². The van der Waals surface area contributed by atoms with Crippen LogP contribution in [0.4, 0.5) is 0 Å². The monoisotopic (exact) mass is 229 g/mol. The summed E-state index contributed by atoms with van der Waals surface area (Å²) in [7, 11) is 0. The fourth-order valence-corrected chi connectivity index (χ4v) is 3.39. The summed E-state index contributed by atoms with van der Waals surface area (Å²) < 4.78 is 0. The van der Waals surface area contributed by atoms with Crippen LogP contribution in [0, 0.1) is 5.92 Å². The van der Waals surface area contributed by atoms with Crippen LogP contribution < -0.4 is 0 Å². The minimum Gasteiger partial charge on any atom is -0.395 e. The Bertz CT molecular complexity index is 414. The molecule has 1 aliphatic carbocycles. The van der Waals surface area contributed by atoms with Crippen molar-refractivity contribution in [3.63, 3.8) is 0 Å². The van der Waals surface area contributed by atoms with E-state index in [0.29, 0.717) is 24.0 Å². The Balaban J connectivity index is 1.87. The van der Waals surface area contributed by atoms with E-state index in [2.05, 4.69) is 54.3 Å². The van der Waals surface area contributed by atoms with Crippen LogP contribution in [0.5, 0.6) is 0 Å². The van der Waals surface area contributed by atoms with Crippen molar-refractivity contribution < 1.29 is 5.11 Å². The van der Waals surface area contributed by atoms with Crippen LogP contribution in [-0.4, -0.2) is 28.7 Å². The Morgan fingerprint density at radius 1 is 1.29 bits per heavy atom. The van der Waals surface area contributed by atoms with Crippen LogP contribution in [0.1, 0.15) is 24.9 Å². The van der Waals surface area contributed by atoms with E-state index in [0.717, 1.165) is 0 Å². The minimum atomic E-state index is 0.267. The predicted octanol–water partition coefficient (Wildman–Crippen LogP) is 2.37. The summed E-state index contributed by atoms with van der Waals surface area (Å²) in [5.41, 5.74) is 1.34. The minimum absolute atomic E-state index is 0.267. The molecule has 4 atom stereocenters. The number of nitrogens with zero attached hydrogens (tertiary/aromatic N) is 1. The van der Waals surface area contributed by atoms with Crippen molar-refractivity contribution >= 4 is 0 Å². The zero-order valence-electron chi connectivity index (χ0n) is 10.2. The number of benzene rings is 1. The van der Waals surface area contributed by atoms with E-state index in [1.54, 1.807) is 0 Å². The highest BCUT2D eigenvalue weighted by atomic mass is 16.3. The third kappa shape index (κ3) is 1.72. The van der Waals surface area contributed by atoms with Crippen molar-refractivity contribution in [1.82, 2.24) is 4.90 Å². The molecule has 1 fully saturated rings. The fraction of sp³-hybridized carbons (Fsp3) is 0.467. The van der Waals surface area contributed by atoms with E-state index >= 15 is 0 Å². The summed E-state index contributed by atoms with van der Waals surface area (Å²) in [6.45, 7) is 2.51. The zero-order chi connectivity index (χ0) is 11.8. The smallest absolute Gasteiger partial charge is 0.0593 e. The molecule has 2 bridgehead atoms. The van der Waals surface area contributed by atoms with Gasteiger partial charge >= 0.3 is 0 Å². The lowest BCUT2D eigenvalue weighted by Gasteiger charge is -2.36. The molecule has 2 heteroatoms. The van der Waals surface area contributed by atoms with E-state index in [1.807, 2.05) is 0 Å². The molecule has 1 aromatic carbocycles. The quantitative estimate of drug-likeness (QED) is 0.804.